The zero-order valence-electron chi connectivity index (χ0n) is 15.3. The van der Waals surface area contributed by atoms with Crippen molar-refractivity contribution in [2.24, 2.45) is 5.92 Å². The number of fused-ring (bicyclic) bond motifs is 1. The number of aldehydes is 1. The van der Waals surface area contributed by atoms with Crippen LogP contribution in [0, 0.1) is 12.8 Å². The number of pyridine rings is 1. The summed E-state index contributed by atoms with van der Waals surface area (Å²) in [5.74, 6) is 0.767. The van der Waals surface area contributed by atoms with Crippen molar-refractivity contribution in [2.45, 2.75) is 33.1 Å². The Balaban J connectivity index is 0.000000701. The smallest absolute Gasteiger partial charge is 0.228 e. The van der Waals surface area contributed by atoms with Crippen molar-refractivity contribution < 1.29 is 14.3 Å². The molecule has 1 aliphatic heterocycles. The average molecular weight is 345 g/mol. The van der Waals surface area contributed by atoms with Crippen molar-refractivity contribution in [1.82, 2.24) is 14.3 Å². The summed E-state index contributed by atoms with van der Waals surface area (Å²) < 4.78 is 7.24. The van der Waals surface area contributed by atoms with E-state index in [1.165, 1.54) is 6.92 Å². The van der Waals surface area contributed by atoms with Crippen molar-refractivity contribution in [3.05, 3.63) is 35.8 Å². The van der Waals surface area contributed by atoms with Crippen molar-refractivity contribution in [3.8, 4) is 0 Å². The van der Waals surface area contributed by atoms with Crippen LogP contribution in [0.2, 0.25) is 0 Å². The molecule has 0 aromatic carbocycles. The molecule has 2 aromatic rings. The first-order chi connectivity index (χ1) is 12.1. The highest BCUT2D eigenvalue weighted by atomic mass is 16.5. The normalized spacial score (nSPS) is 14.9. The maximum Gasteiger partial charge on any atom is 0.228 e. The van der Waals surface area contributed by atoms with Gasteiger partial charge in [-0.3, -0.25) is 4.79 Å². The minimum absolute atomic E-state index is 0.178. The van der Waals surface area contributed by atoms with Gasteiger partial charge in [-0.2, -0.15) is 0 Å². The van der Waals surface area contributed by atoms with E-state index in [9.17, 15) is 4.79 Å². The molecule has 2 aromatic heterocycles. The molecule has 0 bridgehead atoms. The first kappa shape index (κ1) is 19.1. The molecule has 0 radical (unpaired) electrons. The largest absolute Gasteiger partial charge is 0.384 e. The maximum absolute atomic E-state index is 12.4. The fraction of sp³-hybridized carbons (Fsp3) is 0.526. The molecule has 6 heteroatoms. The zero-order chi connectivity index (χ0) is 18.2. The van der Waals surface area contributed by atoms with Gasteiger partial charge in [0.2, 0.25) is 5.91 Å². The summed E-state index contributed by atoms with van der Waals surface area (Å²) in [6.45, 7) is 5.95. The Bertz CT molecular complexity index is 703. The Morgan fingerprint density at radius 2 is 2.04 bits per heavy atom. The number of hydrogen-bond acceptors (Lipinski definition) is 4. The van der Waals surface area contributed by atoms with Crippen LogP contribution < -0.4 is 0 Å². The molecule has 0 saturated carbocycles. The van der Waals surface area contributed by atoms with E-state index in [1.807, 2.05) is 40.6 Å². The van der Waals surface area contributed by atoms with E-state index >= 15 is 0 Å². The first-order valence-electron chi connectivity index (χ1n) is 8.69. The predicted molar refractivity (Wildman–Crippen MR) is 96.6 cm³/mol. The second-order valence-electron chi connectivity index (χ2n) is 6.32. The lowest BCUT2D eigenvalue weighted by atomic mass is 9.97. The molecule has 1 fully saturated rings. The van der Waals surface area contributed by atoms with E-state index in [-0.39, 0.29) is 5.91 Å². The standard InChI is InChI=1S/C17H23N3O2.C2H4O/c1-13-4-3-5-16-18-15(11-20(13)16)10-17(21)19-8-6-14(7-9-19)12-22-2;1-2-3/h3-5,11,14H,6-10,12H2,1-2H3;2H,1H3. The number of nitrogens with zero attached hydrogens (tertiary/aromatic N) is 3. The van der Waals surface area contributed by atoms with Crippen LogP contribution >= 0.6 is 0 Å². The summed E-state index contributed by atoms with van der Waals surface area (Å²) in [4.78, 5) is 27.8. The number of amides is 1. The van der Waals surface area contributed by atoms with E-state index < -0.39 is 0 Å². The Kier molecular flexibility index (Phi) is 7.13. The van der Waals surface area contributed by atoms with E-state index in [2.05, 4.69) is 4.98 Å². The predicted octanol–water partition coefficient (Wildman–Crippen LogP) is 2.28. The van der Waals surface area contributed by atoms with Crippen molar-refractivity contribution in [1.29, 1.82) is 0 Å². The van der Waals surface area contributed by atoms with Gasteiger partial charge in [0.1, 0.15) is 11.9 Å². The fourth-order valence-electron chi connectivity index (χ4n) is 3.14. The molecule has 0 N–H and O–H groups in total. The van der Waals surface area contributed by atoms with Gasteiger partial charge in [-0.15, -0.1) is 0 Å². The third-order valence-electron chi connectivity index (χ3n) is 4.45. The molecule has 1 aliphatic rings. The Morgan fingerprint density at radius 1 is 1.36 bits per heavy atom. The third-order valence-corrected chi connectivity index (χ3v) is 4.45. The van der Waals surface area contributed by atoms with Crippen LogP contribution in [-0.2, 0) is 20.7 Å². The summed E-state index contributed by atoms with van der Waals surface area (Å²) in [6.07, 6.45) is 5.17. The van der Waals surface area contributed by atoms with Gasteiger partial charge in [0.05, 0.1) is 12.1 Å². The minimum atomic E-state index is 0.178. The highest BCUT2D eigenvalue weighted by Crippen LogP contribution is 2.18. The van der Waals surface area contributed by atoms with Crippen LogP contribution in [0.5, 0.6) is 0 Å². The van der Waals surface area contributed by atoms with Crippen molar-refractivity contribution >= 4 is 17.8 Å². The number of carbonyl (C=O) groups excluding carboxylic acids is 2. The molecule has 3 rings (SSSR count). The summed E-state index contributed by atoms with van der Waals surface area (Å²) in [6, 6.07) is 6.00. The van der Waals surface area contributed by atoms with Crippen LogP contribution in [0.4, 0.5) is 0 Å². The lowest BCUT2D eigenvalue weighted by Gasteiger charge is -2.31. The Morgan fingerprint density at radius 3 is 2.64 bits per heavy atom. The Labute approximate surface area is 148 Å². The number of imidazole rings is 1. The molecule has 0 atom stereocenters. The summed E-state index contributed by atoms with van der Waals surface area (Å²) in [5.41, 5.74) is 2.88. The van der Waals surface area contributed by atoms with Gasteiger partial charge < -0.3 is 18.8 Å². The molecular formula is C19H27N3O3. The number of carbonyl (C=O) groups is 2. The van der Waals surface area contributed by atoms with Gasteiger partial charge in [0.25, 0.3) is 0 Å². The highest BCUT2D eigenvalue weighted by Gasteiger charge is 2.23. The van der Waals surface area contributed by atoms with Crippen molar-refractivity contribution in [2.75, 3.05) is 26.8 Å². The van der Waals surface area contributed by atoms with E-state index in [4.69, 9.17) is 9.53 Å². The van der Waals surface area contributed by atoms with Gasteiger partial charge >= 0.3 is 0 Å². The number of likely N-dealkylation sites (tertiary alicyclic amines) is 1. The van der Waals surface area contributed by atoms with Gasteiger partial charge in [0.15, 0.2) is 0 Å². The summed E-state index contributed by atoms with van der Waals surface area (Å²) in [7, 11) is 1.74. The number of aryl methyl sites for hydroxylation is 1. The second-order valence-corrected chi connectivity index (χ2v) is 6.32. The molecule has 136 valence electrons. The van der Waals surface area contributed by atoms with Gasteiger partial charge in [0, 0.05) is 38.7 Å². The quantitative estimate of drug-likeness (QED) is 0.798. The summed E-state index contributed by atoms with van der Waals surface area (Å²) >= 11 is 0. The Hall–Kier alpha value is -2.21. The number of piperidine rings is 1. The van der Waals surface area contributed by atoms with Crippen LogP contribution in [0.25, 0.3) is 5.65 Å². The van der Waals surface area contributed by atoms with Gasteiger partial charge in [-0.1, -0.05) is 6.07 Å². The second kappa shape index (κ2) is 9.32. The third kappa shape index (κ3) is 5.13. The molecular weight excluding hydrogens is 318 g/mol. The molecule has 1 saturated heterocycles. The molecule has 0 unspecified atom stereocenters. The SMILES string of the molecule is CC=O.COCC1CCN(C(=O)Cc2cn3c(C)cccc3n2)CC1. The fourth-order valence-corrected chi connectivity index (χ4v) is 3.14. The van der Waals surface area contributed by atoms with Crippen molar-refractivity contribution in [3.63, 3.8) is 0 Å². The molecule has 0 spiro atoms. The van der Waals surface area contributed by atoms with E-state index in [1.54, 1.807) is 7.11 Å². The van der Waals surface area contributed by atoms with Gasteiger partial charge in [-0.05, 0) is 44.7 Å². The number of methoxy groups -OCH3 is 1. The molecule has 25 heavy (non-hydrogen) atoms. The molecule has 6 nitrogen and oxygen atoms in total. The van der Waals surface area contributed by atoms with Crippen LogP contribution in [0.15, 0.2) is 24.4 Å². The monoisotopic (exact) mass is 345 g/mol. The lowest BCUT2D eigenvalue weighted by molar-refractivity contribution is -0.132. The topological polar surface area (TPSA) is 63.9 Å². The van der Waals surface area contributed by atoms with Crippen LogP contribution in [-0.4, -0.2) is 53.3 Å². The number of ether oxygens (including phenoxy) is 1. The average Bonchev–Trinajstić information content (AvgIpc) is 3.00. The van der Waals surface area contributed by atoms with Crippen LogP contribution in [0.1, 0.15) is 31.2 Å². The molecule has 1 amide bonds. The molecule has 3 heterocycles. The highest BCUT2D eigenvalue weighted by molar-refractivity contribution is 5.78. The molecule has 0 aliphatic carbocycles. The van der Waals surface area contributed by atoms with E-state index in [0.29, 0.717) is 12.3 Å². The lowest BCUT2D eigenvalue weighted by Crippen LogP contribution is -2.40. The maximum atomic E-state index is 12.4. The summed E-state index contributed by atoms with van der Waals surface area (Å²) in [5, 5.41) is 0. The van der Waals surface area contributed by atoms with E-state index in [0.717, 1.165) is 55.9 Å². The first-order valence-corrected chi connectivity index (χ1v) is 8.69. The van der Waals surface area contributed by atoms with Crippen LogP contribution in [0.3, 0.4) is 0 Å². The number of rotatable bonds is 4. The van der Waals surface area contributed by atoms with Gasteiger partial charge in [-0.25, -0.2) is 4.98 Å². The zero-order valence-corrected chi connectivity index (χ0v) is 15.3. The number of aromatic nitrogens is 2. The number of hydrogen-bond donors (Lipinski definition) is 0. The minimum Gasteiger partial charge on any atom is -0.384 e.